The fourth-order valence-corrected chi connectivity index (χ4v) is 5.12. The summed E-state index contributed by atoms with van der Waals surface area (Å²) in [6.07, 6.45) is 2.79. The molecule has 25 heavy (non-hydrogen) atoms. The summed E-state index contributed by atoms with van der Waals surface area (Å²) in [5, 5.41) is 19.5. The number of thiophene rings is 1. The van der Waals surface area contributed by atoms with E-state index in [1.807, 2.05) is 17.2 Å². The minimum Gasteiger partial charge on any atom is -0.396 e. The second-order valence-corrected chi connectivity index (χ2v) is 8.30. The molecule has 2 N–H and O–H groups in total. The van der Waals surface area contributed by atoms with E-state index in [1.54, 1.807) is 18.3 Å². The Morgan fingerprint density at radius 2 is 2.40 bits per heavy atom. The molecule has 134 valence electrons. The highest BCUT2D eigenvalue weighted by molar-refractivity contribution is 7.13. The molecular weight excluding hydrogens is 336 g/mol. The average molecular weight is 360 g/mol. The van der Waals surface area contributed by atoms with Crippen LogP contribution < -0.4 is 0 Å². The van der Waals surface area contributed by atoms with Gasteiger partial charge in [-0.05, 0) is 23.8 Å². The highest BCUT2D eigenvalue weighted by atomic mass is 32.1. The van der Waals surface area contributed by atoms with Gasteiger partial charge in [0.2, 0.25) is 5.91 Å². The van der Waals surface area contributed by atoms with Crippen LogP contribution in [0, 0.1) is 11.3 Å². The van der Waals surface area contributed by atoms with E-state index >= 15 is 0 Å². The van der Waals surface area contributed by atoms with Gasteiger partial charge in [0.15, 0.2) is 0 Å². The van der Waals surface area contributed by atoms with E-state index < -0.39 is 0 Å². The van der Waals surface area contributed by atoms with Gasteiger partial charge in [-0.25, -0.2) is 0 Å². The van der Waals surface area contributed by atoms with Gasteiger partial charge >= 0.3 is 0 Å². The highest BCUT2D eigenvalue weighted by Gasteiger charge is 2.49. The summed E-state index contributed by atoms with van der Waals surface area (Å²) >= 11 is 1.71. The summed E-state index contributed by atoms with van der Waals surface area (Å²) in [6, 6.07) is 4.15. The molecule has 2 atom stereocenters. The van der Waals surface area contributed by atoms with Crippen LogP contribution in [-0.4, -0.2) is 63.8 Å². The third-order valence-corrected chi connectivity index (χ3v) is 6.73. The van der Waals surface area contributed by atoms with Gasteiger partial charge in [0.1, 0.15) is 0 Å². The van der Waals surface area contributed by atoms with Crippen molar-refractivity contribution in [3.63, 3.8) is 0 Å². The number of aromatic amines is 1. The van der Waals surface area contributed by atoms with Crippen molar-refractivity contribution in [1.82, 2.24) is 20.0 Å². The van der Waals surface area contributed by atoms with Gasteiger partial charge in [-0.3, -0.25) is 14.8 Å². The molecule has 2 aliphatic rings. The number of hydrogen-bond acceptors (Lipinski definition) is 5. The van der Waals surface area contributed by atoms with Crippen molar-refractivity contribution in [2.24, 2.45) is 11.3 Å². The van der Waals surface area contributed by atoms with Crippen molar-refractivity contribution < 1.29 is 9.90 Å². The monoisotopic (exact) mass is 360 g/mol. The number of carbonyl (C=O) groups is 1. The molecule has 7 heteroatoms. The number of hydrogen-bond donors (Lipinski definition) is 2. The molecule has 2 saturated heterocycles. The van der Waals surface area contributed by atoms with Gasteiger partial charge in [0.25, 0.3) is 0 Å². The van der Waals surface area contributed by atoms with Crippen LogP contribution >= 0.6 is 11.3 Å². The second-order valence-electron chi connectivity index (χ2n) is 7.35. The summed E-state index contributed by atoms with van der Waals surface area (Å²) in [6.45, 7) is 5.97. The Hall–Kier alpha value is -1.70. The molecule has 2 aromatic heterocycles. The second kappa shape index (κ2) is 6.55. The summed E-state index contributed by atoms with van der Waals surface area (Å²) in [5.41, 5.74) is 2.21. The van der Waals surface area contributed by atoms with Crippen molar-refractivity contribution in [3.8, 4) is 10.6 Å². The number of rotatable bonds is 4. The Morgan fingerprint density at radius 3 is 3.12 bits per heavy atom. The minimum atomic E-state index is -0.0707. The number of amides is 1. The number of aromatic nitrogens is 2. The first-order valence-electron chi connectivity index (χ1n) is 8.76. The predicted octanol–water partition coefficient (Wildman–Crippen LogP) is 1.80. The SMILES string of the molecule is CC(=O)N1CC[C@@]2(CO)CN(Cc3cn[nH]c3-c3cccs3)C[C@H]2C1. The molecule has 0 bridgehead atoms. The lowest BCUT2D eigenvalue weighted by atomic mass is 9.73. The number of H-pyrrole nitrogens is 1. The smallest absolute Gasteiger partial charge is 0.219 e. The fraction of sp³-hybridized carbons (Fsp3) is 0.556. The van der Waals surface area contributed by atoms with Crippen molar-refractivity contribution in [2.45, 2.75) is 19.9 Å². The molecule has 0 spiro atoms. The molecule has 0 unspecified atom stereocenters. The predicted molar refractivity (Wildman–Crippen MR) is 97.1 cm³/mol. The third-order valence-electron chi connectivity index (χ3n) is 5.84. The van der Waals surface area contributed by atoms with Crippen LogP contribution in [0.3, 0.4) is 0 Å². The molecule has 2 aromatic rings. The van der Waals surface area contributed by atoms with Crippen LogP contribution in [0.25, 0.3) is 10.6 Å². The molecule has 4 heterocycles. The van der Waals surface area contributed by atoms with E-state index in [1.165, 1.54) is 10.4 Å². The van der Waals surface area contributed by atoms with Crippen LogP contribution in [0.4, 0.5) is 0 Å². The van der Waals surface area contributed by atoms with Gasteiger partial charge in [-0.15, -0.1) is 11.3 Å². The Kier molecular flexibility index (Phi) is 4.39. The van der Waals surface area contributed by atoms with Crippen LogP contribution in [-0.2, 0) is 11.3 Å². The summed E-state index contributed by atoms with van der Waals surface area (Å²) < 4.78 is 0. The zero-order chi connectivity index (χ0) is 17.4. The number of carbonyl (C=O) groups excluding carboxylic acids is 1. The zero-order valence-corrected chi connectivity index (χ0v) is 15.3. The summed E-state index contributed by atoms with van der Waals surface area (Å²) in [5.74, 6) is 0.479. The lowest BCUT2D eigenvalue weighted by molar-refractivity contribution is -0.133. The average Bonchev–Trinajstić information content (AvgIpc) is 3.33. The van der Waals surface area contributed by atoms with E-state index in [2.05, 4.69) is 26.5 Å². The topological polar surface area (TPSA) is 72.5 Å². The summed E-state index contributed by atoms with van der Waals surface area (Å²) in [4.78, 5) is 17.3. The van der Waals surface area contributed by atoms with Crippen molar-refractivity contribution in [2.75, 3.05) is 32.8 Å². The summed E-state index contributed by atoms with van der Waals surface area (Å²) in [7, 11) is 0. The van der Waals surface area contributed by atoms with E-state index in [4.69, 9.17) is 0 Å². The van der Waals surface area contributed by atoms with Crippen molar-refractivity contribution in [3.05, 3.63) is 29.3 Å². The van der Waals surface area contributed by atoms with Crippen LogP contribution in [0.2, 0.25) is 0 Å². The van der Waals surface area contributed by atoms with Gasteiger partial charge < -0.3 is 10.0 Å². The van der Waals surface area contributed by atoms with Crippen LogP contribution in [0.1, 0.15) is 18.9 Å². The maximum Gasteiger partial charge on any atom is 0.219 e. The molecule has 0 aliphatic carbocycles. The number of aliphatic hydroxyl groups excluding tert-OH is 1. The maximum absolute atomic E-state index is 11.7. The van der Waals surface area contributed by atoms with E-state index in [9.17, 15) is 9.90 Å². The first-order valence-corrected chi connectivity index (χ1v) is 9.64. The molecule has 0 radical (unpaired) electrons. The first kappa shape index (κ1) is 16.8. The highest BCUT2D eigenvalue weighted by Crippen LogP contribution is 2.43. The number of fused-ring (bicyclic) bond motifs is 1. The normalized spacial score (nSPS) is 26.8. The molecule has 2 aliphatic heterocycles. The van der Waals surface area contributed by atoms with Crippen LogP contribution in [0.5, 0.6) is 0 Å². The number of nitrogens with zero attached hydrogens (tertiary/aromatic N) is 3. The van der Waals surface area contributed by atoms with Crippen molar-refractivity contribution >= 4 is 17.2 Å². The molecule has 1 amide bonds. The van der Waals surface area contributed by atoms with Crippen molar-refractivity contribution in [1.29, 1.82) is 0 Å². The van der Waals surface area contributed by atoms with E-state index in [-0.39, 0.29) is 17.9 Å². The molecule has 0 aromatic carbocycles. The molecule has 6 nitrogen and oxygen atoms in total. The molecular formula is C18H24N4O2S. The Labute approximate surface area is 151 Å². The number of piperidine rings is 1. The first-order chi connectivity index (χ1) is 12.1. The number of likely N-dealkylation sites (tertiary alicyclic amines) is 2. The Balaban J connectivity index is 1.51. The zero-order valence-electron chi connectivity index (χ0n) is 14.4. The number of nitrogens with one attached hydrogen (secondary N) is 1. The molecule has 4 rings (SSSR count). The van der Waals surface area contributed by atoms with E-state index in [0.717, 1.165) is 44.8 Å². The van der Waals surface area contributed by atoms with Crippen LogP contribution in [0.15, 0.2) is 23.7 Å². The fourth-order valence-electron chi connectivity index (χ4n) is 4.36. The standard InChI is InChI=1S/C18H24N4O2S/c1-13(24)22-5-4-18(12-23)11-21(9-15(18)10-22)8-14-7-19-20-17(14)16-3-2-6-25-16/h2-3,6-7,15,23H,4-5,8-12H2,1H3,(H,19,20)/t15-,18-/m0/s1. The quantitative estimate of drug-likeness (QED) is 0.872. The minimum absolute atomic E-state index is 0.0707. The van der Waals surface area contributed by atoms with E-state index in [0.29, 0.717) is 5.92 Å². The van der Waals surface area contributed by atoms with Gasteiger partial charge in [-0.1, -0.05) is 6.07 Å². The maximum atomic E-state index is 11.7. The largest absolute Gasteiger partial charge is 0.396 e. The van der Waals surface area contributed by atoms with Gasteiger partial charge in [0, 0.05) is 50.6 Å². The Morgan fingerprint density at radius 1 is 1.52 bits per heavy atom. The lowest BCUT2D eigenvalue weighted by Crippen LogP contribution is -2.50. The number of aliphatic hydroxyl groups is 1. The Bertz CT molecular complexity index is 744. The van der Waals surface area contributed by atoms with Gasteiger partial charge in [0.05, 0.1) is 23.4 Å². The molecule has 2 fully saturated rings. The lowest BCUT2D eigenvalue weighted by Gasteiger charge is -2.42. The molecule has 0 saturated carbocycles. The third kappa shape index (κ3) is 3.01. The van der Waals surface area contributed by atoms with Gasteiger partial charge in [-0.2, -0.15) is 5.10 Å².